The van der Waals surface area contributed by atoms with Crippen molar-refractivity contribution in [2.75, 3.05) is 36.8 Å². The summed E-state index contributed by atoms with van der Waals surface area (Å²) in [6.07, 6.45) is -0.780. The van der Waals surface area contributed by atoms with E-state index in [0.717, 1.165) is 0 Å². The summed E-state index contributed by atoms with van der Waals surface area (Å²) in [5, 5.41) is 8.00. The van der Waals surface area contributed by atoms with Gasteiger partial charge >= 0.3 is 18.1 Å². The van der Waals surface area contributed by atoms with Crippen LogP contribution in [0.25, 0.3) is 0 Å². The Labute approximate surface area is 208 Å². The van der Waals surface area contributed by atoms with Gasteiger partial charge in [-0.1, -0.05) is 30.3 Å². The fraction of sp³-hybridized carbons (Fsp3) is 0.192. The van der Waals surface area contributed by atoms with Crippen LogP contribution in [0.1, 0.15) is 22.8 Å². The number of hydrogen-bond donors (Lipinski definition) is 3. The highest BCUT2D eigenvalue weighted by Gasteiger charge is 2.20. The Morgan fingerprint density at radius 2 is 1.36 bits per heavy atom. The number of urea groups is 1. The first kappa shape index (κ1) is 25.9. The van der Waals surface area contributed by atoms with E-state index < -0.39 is 12.1 Å². The second-order valence-electron chi connectivity index (χ2n) is 7.32. The van der Waals surface area contributed by atoms with Gasteiger partial charge in [-0.3, -0.25) is 5.32 Å². The zero-order valence-electron chi connectivity index (χ0n) is 20.1. The smallest absolute Gasteiger partial charge is 0.411 e. The number of methoxy groups -OCH3 is 2. The first-order chi connectivity index (χ1) is 17.4. The molecule has 3 aromatic rings. The molecule has 188 valence electrons. The van der Waals surface area contributed by atoms with Crippen molar-refractivity contribution in [3.8, 4) is 11.5 Å². The molecule has 0 aromatic heterocycles. The van der Waals surface area contributed by atoms with Crippen LogP contribution in [0.2, 0.25) is 0 Å². The summed E-state index contributed by atoms with van der Waals surface area (Å²) in [6, 6.07) is 18.4. The highest BCUT2D eigenvalue weighted by atomic mass is 16.5. The second-order valence-corrected chi connectivity index (χ2v) is 7.32. The summed E-state index contributed by atoms with van der Waals surface area (Å²) >= 11 is 0. The molecule has 0 heterocycles. The molecule has 0 atom stereocenters. The molecule has 3 amide bonds. The third kappa shape index (κ3) is 7.13. The number of benzene rings is 3. The number of anilines is 3. The SMILES string of the molecule is CCOC(=O)c1cc(OC)c(OC)cc1NC(=O)OCc1ccc(NC(=O)Nc2ccccc2)cc1. The third-order valence-corrected chi connectivity index (χ3v) is 4.87. The second kappa shape index (κ2) is 12.7. The lowest BCUT2D eigenvalue weighted by atomic mass is 10.1. The van der Waals surface area contributed by atoms with Crippen molar-refractivity contribution in [1.82, 2.24) is 0 Å². The van der Waals surface area contributed by atoms with Crippen molar-refractivity contribution in [2.24, 2.45) is 0 Å². The van der Waals surface area contributed by atoms with E-state index in [1.165, 1.54) is 26.4 Å². The number of para-hydroxylation sites is 1. The Morgan fingerprint density at radius 3 is 1.97 bits per heavy atom. The van der Waals surface area contributed by atoms with Crippen LogP contribution in [0, 0.1) is 0 Å². The third-order valence-electron chi connectivity index (χ3n) is 4.87. The molecule has 0 aliphatic heterocycles. The van der Waals surface area contributed by atoms with Gasteiger partial charge in [0.2, 0.25) is 0 Å². The van der Waals surface area contributed by atoms with E-state index in [1.54, 1.807) is 43.3 Å². The molecule has 0 aliphatic carbocycles. The zero-order chi connectivity index (χ0) is 25.9. The van der Waals surface area contributed by atoms with E-state index in [1.807, 2.05) is 18.2 Å². The van der Waals surface area contributed by atoms with E-state index in [9.17, 15) is 14.4 Å². The van der Waals surface area contributed by atoms with Crippen molar-refractivity contribution in [1.29, 1.82) is 0 Å². The predicted octanol–water partition coefficient (Wildman–Crippen LogP) is 5.27. The summed E-state index contributed by atoms with van der Waals surface area (Å²) < 4.78 is 20.8. The maximum Gasteiger partial charge on any atom is 0.411 e. The standard InChI is InChI=1S/C26H27N3O7/c1-4-35-24(30)20-14-22(33-2)23(34-3)15-21(20)29-26(32)36-16-17-10-12-19(13-11-17)28-25(31)27-18-8-6-5-7-9-18/h5-15H,4,16H2,1-3H3,(H,29,32)(H2,27,28,31). The number of carbonyl (C=O) groups excluding carboxylic acids is 3. The van der Waals surface area contributed by atoms with E-state index in [0.29, 0.717) is 28.4 Å². The molecule has 0 saturated carbocycles. The number of rotatable bonds is 9. The van der Waals surface area contributed by atoms with Gasteiger partial charge in [0.1, 0.15) is 6.61 Å². The number of nitrogens with one attached hydrogen (secondary N) is 3. The van der Waals surface area contributed by atoms with Crippen molar-refractivity contribution >= 4 is 35.2 Å². The Hall–Kier alpha value is -4.73. The minimum Gasteiger partial charge on any atom is -0.493 e. The molecule has 3 rings (SSSR count). The molecule has 0 aliphatic rings. The Kier molecular flexibility index (Phi) is 9.10. The molecule has 0 radical (unpaired) electrons. The van der Waals surface area contributed by atoms with Gasteiger partial charge in [0.25, 0.3) is 0 Å². The van der Waals surface area contributed by atoms with E-state index in [4.69, 9.17) is 18.9 Å². The lowest BCUT2D eigenvalue weighted by Gasteiger charge is -2.15. The first-order valence-electron chi connectivity index (χ1n) is 11.0. The topological polar surface area (TPSA) is 124 Å². The molecule has 0 unspecified atom stereocenters. The van der Waals surface area contributed by atoms with E-state index >= 15 is 0 Å². The molecule has 3 aromatic carbocycles. The van der Waals surface area contributed by atoms with Crippen LogP contribution >= 0.6 is 0 Å². The monoisotopic (exact) mass is 493 g/mol. The van der Waals surface area contributed by atoms with Crippen LogP contribution in [-0.4, -0.2) is 38.9 Å². The van der Waals surface area contributed by atoms with Crippen molar-refractivity contribution in [3.63, 3.8) is 0 Å². The average Bonchev–Trinajstić information content (AvgIpc) is 2.88. The van der Waals surface area contributed by atoms with Crippen LogP contribution in [0.5, 0.6) is 11.5 Å². The van der Waals surface area contributed by atoms with Gasteiger partial charge in [-0.2, -0.15) is 0 Å². The molecule has 0 fully saturated rings. The minimum absolute atomic E-state index is 0.0373. The quantitative estimate of drug-likeness (QED) is 0.347. The number of carbonyl (C=O) groups is 3. The maximum atomic E-state index is 12.4. The van der Waals surface area contributed by atoms with Gasteiger partial charge in [0, 0.05) is 23.5 Å². The van der Waals surface area contributed by atoms with Gasteiger partial charge < -0.3 is 29.6 Å². The molecule has 0 bridgehead atoms. The fourth-order valence-electron chi connectivity index (χ4n) is 3.15. The number of amides is 3. The summed E-state index contributed by atoms with van der Waals surface area (Å²) in [5.41, 5.74) is 2.18. The van der Waals surface area contributed by atoms with Gasteiger partial charge in [0.15, 0.2) is 11.5 Å². The largest absolute Gasteiger partial charge is 0.493 e. The summed E-state index contributed by atoms with van der Waals surface area (Å²) in [5.74, 6) is -0.000925. The zero-order valence-corrected chi connectivity index (χ0v) is 20.1. The maximum absolute atomic E-state index is 12.4. The van der Waals surface area contributed by atoms with Crippen molar-refractivity contribution in [2.45, 2.75) is 13.5 Å². The predicted molar refractivity (Wildman–Crippen MR) is 135 cm³/mol. The number of esters is 1. The van der Waals surface area contributed by atoms with Gasteiger partial charge in [-0.05, 0) is 36.8 Å². The molecule has 0 spiro atoms. The number of ether oxygens (including phenoxy) is 4. The molecule has 0 saturated heterocycles. The van der Waals surface area contributed by atoms with Gasteiger partial charge in [-0.25, -0.2) is 14.4 Å². The van der Waals surface area contributed by atoms with Crippen molar-refractivity contribution < 1.29 is 33.3 Å². The van der Waals surface area contributed by atoms with Crippen LogP contribution in [0.3, 0.4) is 0 Å². The Bertz CT molecular complexity index is 1200. The Morgan fingerprint density at radius 1 is 0.750 bits per heavy atom. The van der Waals surface area contributed by atoms with Crippen molar-refractivity contribution in [3.05, 3.63) is 77.9 Å². The first-order valence-corrected chi connectivity index (χ1v) is 11.0. The molecule has 36 heavy (non-hydrogen) atoms. The number of hydrogen-bond acceptors (Lipinski definition) is 7. The van der Waals surface area contributed by atoms with Crippen LogP contribution in [-0.2, 0) is 16.1 Å². The highest BCUT2D eigenvalue weighted by molar-refractivity contribution is 6.01. The van der Waals surface area contributed by atoms with Crippen LogP contribution in [0.15, 0.2) is 66.7 Å². The normalized spacial score (nSPS) is 10.1. The van der Waals surface area contributed by atoms with Gasteiger partial charge in [0.05, 0.1) is 32.1 Å². The molecular formula is C26H27N3O7. The Balaban J connectivity index is 1.59. The van der Waals surface area contributed by atoms with E-state index in [2.05, 4.69) is 16.0 Å². The fourth-order valence-corrected chi connectivity index (χ4v) is 3.15. The average molecular weight is 494 g/mol. The van der Waals surface area contributed by atoms with Gasteiger partial charge in [-0.15, -0.1) is 0 Å². The molecular weight excluding hydrogens is 466 g/mol. The molecule has 10 nitrogen and oxygen atoms in total. The lowest BCUT2D eigenvalue weighted by Crippen LogP contribution is -2.19. The molecule has 3 N–H and O–H groups in total. The summed E-state index contributed by atoms with van der Waals surface area (Å²) in [7, 11) is 2.87. The summed E-state index contributed by atoms with van der Waals surface area (Å²) in [4.78, 5) is 36.9. The minimum atomic E-state index is -0.780. The summed E-state index contributed by atoms with van der Waals surface area (Å²) in [6.45, 7) is 1.80. The lowest BCUT2D eigenvalue weighted by molar-refractivity contribution is 0.0527. The van der Waals surface area contributed by atoms with E-state index in [-0.39, 0.29) is 30.5 Å². The molecule has 10 heteroatoms. The highest BCUT2D eigenvalue weighted by Crippen LogP contribution is 2.34. The van der Waals surface area contributed by atoms with Crippen LogP contribution in [0.4, 0.5) is 26.7 Å². The van der Waals surface area contributed by atoms with Crippen LogP contribution < -0.4 is 25.4 Å².